The Morgan fingerprint density at radius 2 is 1.94 bits per heavy atom. The van der Waals surface area contributed by atoms with Gasteiger partial charge in [-0.05, 0) is 34.1 Å². The van der Waals surface area contributed by atoms with Gasteiger partial charge in [-0.3, -0.25) is 11.3 Å². The topological polar surface area (TPSA) is 65.7 Å². The molecule has 0 saturated carbocycles. The lowest BCUT2D eigenvalue weighted by Crippen LogP contribution is -2.56. The largest absolute Gasteiger partial charge is 0.376 e. The molecular weight excluding hydrogens is 232 g/mol. The van der Waals surface area contributed by atoms with Crippen LogP contribution in [0.4, 0.5) is 0 Å². The van der Waals surface area contributed by atoms with E-state index in [9.17, 15) is 0 Å². The second-order valence-electron chi connectivity index (χ2n) is 6.45. The third kappa shape index (κ3) is 2.86. The normalized spacial score (nSPS) is 36.5. The standard InChI is InChI=1S/C13H26N2O3/c1-12(2)7-9(13(3,4)18-12)11(15-14)10-8-16-5-6-17-10/h9-11,15H,5-8,14H2,1-4H3. The highest BCUT2D eigenvalue weighted by Crippen LogP contribution is 2.44. The SMILES string of the molecule is CC1(C)CC(C(NN)C2COCCO2)C(C)(C)O1. The van der Waals surface area contributed by atoms with Gasteiger partial charge in [-0.15, -0.1) is 0 Å². The molecule has 0 radical (unpaired) electrons. The molecule has 0 aromatic carbocycles. The molecule has 2 rings (SSSR count). The zero-order chi connectivity index (χ0) is 13.4. The van der Waals surface area contributed by atoms with Gasteiger partial charge in [-0.2, -0.15) is 0 Å². The van der Waals surface area contributed by atoms with Crippen molar-refractivity contribution in [3.8, 4) is 0 Å². The van der Waals surface area contributed by atoms with Gasteiger partial charge >= 0.3 is 0 Å². The highest BCUT2D eigenvalue weighted by Gasteiger charge is 2.51. The maximum absolute atomic E-state index is 6.13. The number of nitrogens with one attached hydrogen (secondary N) is 1. The Hall–Kier alpha value is -0.200. The van der Waals surface area contributed by atoms with Crippen LogP contribution in [0, 0.1) is 5.92 Å². The van der Waals surface area contributed by atoms with Crippen LogP contribution in [-0.4, -0.2) is 43.2 Å². The van der Waals surface area contributed by atoms with E-state index in [1.807, 2.05) is 0 Å². The molecule has 2 aliphatic rings. The van der Waals surface area contributed by atoms with E-state index >= 15 is 0 Å². The van der Waals surface area contributed by atoms with Gasteiger partial charge in [-0.1, -0.05) is 0 Å². The first kappa shape index (κ1) is 14.2. The molecule has 0 aromatic heterocycles. The summed E-state index contributed by atoms with van der Waals surface area (Å²) >= 11 is 0. The molecule has 0 aromatic rings. The highest BCUT2D eigenvalue weighted by atomic mass is 16.6. The van der Waals surface area contributed by atoms with E-state index in [1.165, 1.54) is 0 Å². The van der Waals surface area contributed by atoms with Gasteiger partial charge < -0.3 is 14.2 Å². The van der Waals surface area contributed by atoms with Gasteiger partial charge in [0.25, 0.3) is 0 Å². The van der Waals surface area contributed by atoms with E-state index in [2.05, 4.69) is 33.1 Å². The van der Waals surface area contributed by atoms with E-state index in [4.69, 9.17) is 20.1 Å². The van der Waals surface area contributed by atoms with Crippen LogP contribution >= 0.6 is 0 Å². The Balaban J connectivity index is 2.11. The van der Waals surface area contributed by atoms with Crippen LogP contribution in [0.25, 0.3) is 0 Å². The number of hydrogen-bond donors (Lipinski definition) is 2. The highest BCUT2D eigenvalue weighted by molar-refractivity contribution is 5.01. The predicted octanol–water partition coefficient (Wildman–Crippen LogP) is 0.827. The molecule has 2 saturated heterocycles. The average molecular weight is 258 g/mol. The third-order valence-corrected chi connectivity index (χ3v) is 4.01. The number of nitrogens with two attached hydrogens (primary N) is 1. The van der Waals surface area contributed by atoms with Gasteiger partial charge in [-0.25, -0.2) is 0 Å². The van der Waals surface area contributed by atoms with E-state index in [-0.39, 0.29) is 23.3 Å². The molecule has 3 N–H and O–H groups in total. The van der Waals surface area contributed by atoms with Crippen LogP contribution < -0.4 is 11.3 Å². The van der Waals surface area contributed by atoms with Gasteiger partial charge in [0.1, 0.15) is 0 Å². The molecule has 106 valence electrons. The quantitative estimate of drug-likeness (QED) is 0.580. The first-order valence-electron chi connectivity index (χ1n) is 6.71. The number of ether oxygens (including phenoxy) is 3. The summed E-state index contributed by atoms with van der Waals surface area (Å²) in [5.41, 5.74) is 2.60. The summed E-state index contributed by atoms with van der Waals surface area (Å²) in [5, 5.41) is 0. The summed E-state index contributed by atoms with van der Waals surface area (Å²) in [6.07, 6.45) is 0.972. The van der Waals surface area contributed by atoms with Gasteiger partial charge in [0.15, 0.2) is 0 Å². The summed E-state index contributed by atoms with van der Waals surface area (Å²) in [7, 11) is 0. The van der Waals surface area contributed by atoms with Crippen LogP contribution in [0.1, 0.15) is 34.1 Å². The van der Waals surface area contributed by atoms with E-state index in [0.717, 1.165) is 6.42 Å². The molecule has 0 aliphatic carbocycles. The lowest BCUT2D eigenvalue weighted by Gasteiger charge is -2.38. The van der Waals surface area contributed by atoms with E-state index in [0.29, 0.717) is 25.7 Å². The van der Waals surface area contributed by atoms with Crippen molar-refractivity contribution in [2.75, 3.05) is 19.8 Å². The van der Waals surface area contributed by atoms with Crippen molar-refractivity contribution in [3.63, 3.8) is 0 Å². The van der Waals surface area contributed by atoms with Crippen LogP contribution in [0.5, 0.6) is 0 Å². The van der Waals surface area contributed by atoms with Crippen molar-refractivity contribution < 1.29 is 14.2 Å². The fraction of sp³-hybridized carbons (Fsp3) is 1.00. The summed E-state index contributed by atoms with van der Waals surface area (Å²) in [5.74, 6) is 6.06. The molecule has 0 spiro atoms. The molecule has 0 amide bonds. The Kier molecular flexibility index (Phi) is 3.99. The molecule has 5 nitrogen and oxygen atoms in total. The molecule has 18 heavy (non-hydrogen) atoms. The first-order valence-corrected chi connectivity index (χ1v) is 6.71. The van der Waals surface area contributed by atoms with Crippen LogP contribution in [0.15, 0.2) is 0 Å². The maximum Gasteiger partial charge on any atom is 0.0979 e. The predicted molar refractivity (Wildman–Crippen MR) is 69.0 cm³/mol. The zero-order valence-electron chi connectivity index (χ0n) is 11.9. The summed E-state index contributed by atoms with van der Waals surface area (Å²) < 4.78 is 17.4. The van der Waals surface area contributed by atoms with Crippen molar-refractivity contribution in [2.24, 2.45) is 11.8 Å². The molecule has 3 unspecified atom stereocenters. The van der Waals surface area contributed by atoms with E-state index < -0.39 is 0 Å². The minimum absolute atomic E-state index is 0.00512. The monoisotopic (exact) mass is 258 g/mol. The second kappa shape index (κ2) is 5.06. The number of hydrogen-bond acceptors (Lipinski definition) is 5. The molecule has 3 atom stereocenters. The summed E-state index contributed by atoms with van der Waals surface area (Å²) in [6.45, 7) is 10.4. The Bertz CT molecular complexity index is 288. The van der Waals surface area contributed by atoms with Gasteiger partial charge in [0, 0.05) is 5.92 Å². The van der Waals surface area contributed by atoms with Crippen molar-refractivity contribution in [1.82, 2.24) is 5.43 Å². The van der Waals surface area contributed by atoms with Gasteiger partial charge in [0.2, 0.25) is 0 Å². The van der Waals surface area contributed by atoms with Crippen LogP contribution in [0.3, 0.4) is 0 Å². The number of hydrazine groups is 1. The Morgan fingerprint density at radius 3 is 2.39 bits per heavy atom. The summed E-state index contributed by atoms with van der Waals surface area (Å²) in [4.78, 5) is 0. The molecule has 5 heteroatoms. The number of rotatable bonds is 3. The minimum atomic E-state index is -0.207. The van der Waals surface area contributed by atoms with Crippen molar-refractivity contribution in [1.29, 1.82) is 0 Å². The average Bonchev–Trinajstić information content (AvgIpc) is 2.50. The minimum Gasteiger partial charge on any atom is -0.376 e. The molecular formula is C13H26N2O3. The molecule has 0 bridgehead atoms. The molecule has 2 fully saturated rings. The summed E-state index contributed by atoms with van der Waals surface area (Å²) in [6, 6.07) is 0.0575. The van der Waals surface area contributed by atoms with Crippen LogP contribution in [-0.2, 0) is 14.2 Å². The van der Waals surface area contributed by atoms with Gasteiger partial charge in [0.05, 0.1) is 43.2 Å². The lowest BCUT2D eigenvalue weighted by molar-refractivity contribution is -0.123. The molecule has 2 heterocycles. The van der Waals surface area contributed by atoms with Crippen molar-refractivity contribution in [2.45, 2.75) is 57.5 Å². The Morgan fingerprint density at radius 1 is 1.22 bits per heavy atom. The van der Waals surface area contributed by atoms with Crippen molar-refractivity contribution >= 4 is 0 Å². The maximum atomic E-state index is 6.13. The Labute approximate surface area is 109 Å². The smallest absolute Gasteiger partial charge is 0.0979 e. The lowest BCUT2D eigenvalue weighted by atomic mass is 9.79. The zero-order valence-corrected chi connectivity index (χ0v) is 11.9. The molecule has 2 aliphatic heterocycles. The van der Waals surface area contributed by atoms with E-state index in [1.54, 1.807) is 0 Å². The fourth-order valence-electron chi connectivity index (χ4n) is 3.36. The fourth-order valence-corrected chi connectivity index (χ4v) is 3.36. The third-order valence-electron chi connectivity index (χ3n) is 4.01. The second-order valence-corrected chi connectivity index (χ2v) is 6.45. The van der Waals surface area contributed by atoms with Crippen molar-refractivity contribution in [3.05, 3.63) is 0 Å². The van der Waals surface area contributed by atoms with Crippen LogP contribution in [0.2, 0.25) is 0 Å². The first-order chi connectivity index (χ1) is 8.36.